The quantitative estimate of drug-likeness (QED) is 0.620. The molecular weight excluding hydrogens is 411 g/mol. The lowest BCUT2D eigenvalue weighted by Crippen LogP contribution is -2.64. The summed E-state index contributed by atoms with van der Waals surface area (Å²) in [5.74, 6) is -2.78. The number of carbonyl (C=O) groups excluding carboxylic acids is 1. The number of carbonyl (C=O) groups is 1. The van der Waals surface area contributed by atoms with E-state index in [1.165, 1.54) is 25.3 Å². The summed E-state index contributed by atoms with van der Waals surface area (Å²) in [4.78, 5) is 13.2. The second-order valence-corrected chi connectivity index (χ2v) is 7.32. The molecule has 1 aromatic carbocycles. The maximum atomic E-state index is 14.0. The van der Waals surface area contributed by atoms with Crippen molar-refractivity contribution >= 4 is 23.1 Å². The number of alkyl halides is 3. The van der Waals surface area contributed by atoms with Crippen LogP contribution < -0.4 is 10.1 Å². The van der Waals surface area contributed by atoms with Crippen molar-refractivity contribution in [2.75, 3.05) is 12.4 Å². The first-order valence-electron chi connectivity index (χ1n) is 8.33. The summed E-state index contributed by atoms with van der Waals surface area (Å²) >= 11 is 0.986. The number of rotatable bonds is 4. The predicted molar refractivity (Wildman–Crippen MR) is 95.7 cm³/mol. The third-order valence-electron chi connectivity index (χ3n) is 4.76. The first-order chi connectivity index (χ1) is 13.8. The molecule has 0 radical (unpaired) electrons. The van der Waals surface area contributed by atoms with Crippen LogP contribution in [-0.4, -0.2) is 50.1 Å². The Bertz CT molecular complexity index is 1020. The van der Waals surface area contributed by atoms with E-state index in [9.17, 15) is 23.1 Å². The van der Waals surface area contributed by atoms with Gasteiger partial charge in [-0.2, -0.15) is 13.2 Å². The number of aliphatic hydroxyl groups is 1. The number of halogens is 3. The van der Waals surface area contributed by atoms with Crippen LogP contribution >= 0.6 is 11.3 Å². The lowest BCUT2D eigenvalue weighted by Gasteiger charge is -2.44. The van der Waals surface area contributed by atoms with Gasteiger partial charge in [0.05, 0.1) is 18.0 Å². The highest BCUT2D eigenvalue weighted by atomic mass is 32.1. The molecule has 3 atom stereocenters. The van der Waals surface area contributed by atoms with Gasteiger partial charge in [0, 0.05) is 0 Å². The molecule has 0 amide bonds. The van der Waals surface area contributed by atoms with Crippen molar-refractivity contribution in [3.8, 4) is 5.75 Å². The van der Waals surface area contributed by atoms with Crippen LogP contribution in [0.25, 0.3) is 0 Å². The van der Waals surface area contributed by atoms with Gasteiger partial charge in [-0.05, 0) is 39.6 Å². The zero-order valence-corrected chi connectivity index (χ0v) is 15.6. The van der Waals surface area contributed by atoms with Gasteiger partial charge in [-0.15, -0.1) is 11.3 Å². The van der Waals surface area contributed by atoms with Crippen LogP contribution in [0.4, 0.5) is 19.1 Å². The fourth-order valence-electron chi connectivity index (χ4n) is 3.37. The van der Waals surface area contributed by atoms with Crippen molar-refractivity contribution in [2.24, 2.45) is 5.92 Å². The van der Waals surface area contributed by atoms with Crippen LogP contribution in [0.15, 0.2) is 41.8 Å². The number of thiophene rings is 1. The zero-order valence-electron chi connectivity index (χ0n) is 14.8. The van der Waals surface area contributed by atoms with E-state index in [1.54, 1.807) is 23.6 Å². The number of benzene rings is 1. The normalized spacial score (nSPS) is 23.9. The summed E-state index contributed by atoms with van der Waals surface area (Å²) < 4.78 is 48.2. The van der Waals surface area contributed by atoms with E-state index in [-0.39, 0.29) is 4.88 Å². The number of tetrazole rings is 1. The lowest BCUT2D eigenvalue weighted by atomic mass is 9.79. The maximum absolute atomic E-state index is 14.0. The highest BCUT2D eigenvalue weighted by Crippen LogP contribution is 2.48. The number of nitrogens with zero attached hydrogens (tertiary/aromatic N) is 4. The van der Waals surface area contributed by atoms with E-state index < -0.39 is 35.6 Å². The average molecular weight is 425 g/mol. The predicted octanol–water partition coefficient (Wildman–Crippen LogP) is 2.51. The minimum absolute atomic E-state index is 0.0783. The number of nitrogens with one attached hydrogen (secondary N) is 1. The van der Waals surface area contributed by atoms with Crippen LogP contribution in [0.5, 0.6) is 5.75 Å². The Hall–Kier alpha value is -2.99. The van der Waals surface area contributed by atoms with Crippen LogP contribution in [0.3, 0.4) is 0 Å². The second-order valence-electron chi connectivity index (χ2n) is 6.37. The number of aromatic nitrogens is 4. The highest BCUT2D eigenvalue weighted by molar-refractivity contribution is 7.12. The molecule has 4 rings (SSSR count). The van der Waals surface area contributed by atoms with Crippen LogP contribution in [0, 0.1) is 5.92 Å². The van der Waals surface area contributed by atoms with Crippen molar-refractivity contribution < 1.29 is 27.8 Å². The van der Waals surface area contributed by atoms with Gasteiger partial charge in [0.2, 0.25) is 11.7 Å². The molecule has 0 saturated heterocycles. The highest BCUT2D eigenvalue weighted by Gasteiger charge is 2.66. The molecule has 3 aromatic rings. The van der Waals surface area contributed by atoms with Gasteiger partial charge in [0.25, 0.3) is 0 Å². The molecule has 0 aliphatic carbocycles. The van der Waals surface area contributed by atoms with E-state index in [4.69, 9.17) is 4.74 Å². The molecule has 29 heavy (non-hydrogen) atoms. The SMILES string of the molecule is COc1ccc(C2C(C(=O)c3cccs3)C(O)(C(F)(F)F)Nc3nnnn32)cc1. The van der Waals surface area contributed by atoms with Gasteiger partial charge >= 0.3 is 6.18 Å². The summed E-state index contributed by atoms with van der Waals surface area (Å²) in [5, 5.41) is 24.9. The number of anilines is 1. The molecule has 0 fully saturated rings. The van der Waals surface area contributed by atoms with Crippen molar-refractivity contribution in [3.05, 3.63) is 52.2 Å². The van der Waals surface area contributed by atoms with Crippen LogP contribution in [-0.2, 0) is 0 Å². The molecule has 1 aliphatic heterocycles. The Kier molecular flexibility index (Phi) is 4.54. The number of hydrogen-bond acceptors (Lipinski definition) is 8. The molecule has 2 aromatic heterocycles. The number of ether oxygens (including phenoxy) is 1. The van der Waals surface area contributed by atoms with Crippen LogP contribution in [0.1, 0.15) is 21.3 Å². The molecule has 2 N–H and O–H groups in total. The molecule has 3 heterocycles. The minimum Gasteiger partial charge on any atom is -0.497 e. The standard InChI is InChI=1S/C17H14F3N5O3S/c1-28-10-6-4-9(5-7-10)13-12(14(26)11-3-2-8-29-11)16(27,17(18,19)20)21-15-22-23-24-25(13)15/h2-8,12-13,27H,1H3,(H,21,22,24). The summed E-state index contributed by atoms with van der Waals surface area (Å²) in [6.07, 6.45) is -5.19. The number of ketones is 1. The fourth-order valence-corrected chi connectivity index (χ4v) is 4.07. The number of fused-ring (bicyclic) bond motifs is 1. The summed E-state index contributed by atoms with van der Waals surface area (Å²) in [7, 11) is 1.45. The van der Waals surface area contributed by atoms with Crippen molar-refractivity contribution in [1.29, 1.82) is 0 Å². The molecule has 1 aliphatic rings. The van der Waals surface area contributed by atoms with Crippen molar-refractivity contribution in [3.63, 3.8) is 0 Å². The maximum Gasteiger partial charge on any atom is 0.437 e. The Morgan fingerprint density at radius 1 is 1.31 bits per heavy atom. The monoisotopic (exact) mass is 425 g/mol. The largest absolute Gasteiger partial charge is 0.497 e. The second kappa shape index (κ2) is 6.81. The Balaban J connectivity index is 1.93. The number of hydrogen-bond donors (Lipinski definition) is 2. The van der Waals surface area contributed by atoms with Gasteiger partial charge in [0.15, 0.2) is 5.78 Å². The molecule has 8 nitrogen and oxygen atoms in total. The first kappa shape index (κ1) is 19.3. The van der Waals surface area contributed by atoms with Gasteiger partial charge in [-0.1, -0.05) is 23.3 Å². The van der Waals surface area contributed by atoms with Gasteiger partial charge in [-0.3, -0.25) is 4.79 Å². The van der Waals surface area contributed by atoms with Crippen molar-refractivity contribution in [2.45, 2.75) is 17.9 Å². The van der Waals surface area contributed by atoms with E-state index in [0.717, 1.165) is 16.0 Å². The summed E-state index contributed by atoms with van der Waals surface area (Å²) in [6.45, 7) is 0. The van der Waals surface area contributed by atoms with E-state index in [1.807, 2.05) is 5.32 Å². The third-order valence-corrected chi connectivity index (χ3v) is 5.64. The number of methoxy groups -OCH3 is 1. The molecule has 0 spiro atoms. The summed E-state index contributed by atoms with van der Waals surface area (Å²) in [5.41, 5.74) is -3.28. The van der Waals surface area contributed by atoms with Gasteiger partial charge < -0.3 is 15.2 Å². The molecule has 0 saturated carbocycles. The topological polar surface area (TPSA) is 102 Å². The number of Topliss-reactive ketones (excluding diaryl/α,β-unsaturated/α-hetero) is 1. The Morgan fingerprint density at radius 2 is 2.03 bits per heavy atom. The van der Waals surface area contributed by atoms with Gasteiger partial charge in [0.1, 0.15) is 11.7 Å². The Morgan fingerprint density at radius 3 is 2.62 bits per heavy atom. The smallest absolute Gasteiger partial charge is 0.437 e. The van der Waals surface area contributed by atoms with E-state index >= 15 is 0 Å². The average Bonchev–Trinajstić information content (AvgIpc) is 3.37. The molecule has 3 unspecified atom stereocenters. The fraction of sp³-hybridized carbons (Fsp3) is 0.294. The molecule has 152 valence electrons. The molecule has 12 heteroatoms. The van der Waals surface area contributed by atoms with E-state index in [2.05, 4.69) is 15.5 Å². The van der Waals surface area contributed by atoms with E-state index in [0.29, 0.717) is 11.3 Å². The lowest BCUT2D eigenvalue weighted by molar-refractivity contribution is -0.266. The first-order valence-corrected chi connectivity index (χ1v) is 9.21. The third kappa shape index (κ3) is 3.04. The molecular formula is C17H14F3N5O3S. The minimum atomic E-state index is -5.19. The van der Waals surface area contributed by atoms with Gasteiger partial charge in [-0.25, -0.2) is 4.68 Å². The van der Waals surface area contributed by atoms with Crippen molar-refractivity contribution in [1.82, 2.24) is 20.2 Å². The molecule has 0 bridgehead atoms. The zero-order chi connectivity index (χ0) is 20.8. The summed E-state index contributed by atoms with van der Waals surface area (Å²) in [6, 6.07) is 7.74. The van der Waals surface area contributed by atoms with Crippen LogP contribution in [0.2, 0.25) is 0 Å². The Labute approximate surface area is 165 Å².